The Balaban J connectivity index is 1.65. The first-order valence-electron chi connectivity index (χ1n) is 14.1. The zero-order valence-electron chi connectivity index (χ0n) is 25.3. The topological polar surface area (TPSA) is 69.0 Å². The summed E-state index contributed by atoms with van der Waals surface area (Å²) in [6.45, 7) is 6.48. The molecule has 0 radical (unpaired) electrons. The third-order valence-corrected chi connectivity index (χ3v) is 7.73. The van der Waals surface area contributed by atoms with Gasteiger partial charge in [-0.25, -0.2) is 4.98 Å². The van der Waals surface area contributed by atoms with E-state index in [4.69, 9.17) is 31.2 Å². The zero-order chi connectivity index (χ0) is 30.7. The first-order valence-corrected chi connectivity index (χ1v) is 14.5. The molecule has 0 saturated heterocycles. The predicted octanol–water partition coefficient (Wildman–Crippen LogP) is 7.68. The Bertz CT molecular complexity index is 1880. The predicted molar refractivity (Wildman–Crippen MR) is 176 cm³/mol. The number of benzene rings is 4. The van der Waals surface area contributed by atoms with E-state index < -0.39 is 0 Å². The van der Waals surface area contributed by atoms with Crippen LogP contribution >= 0.6 is 11.6 Å². The highest BCUT2D eigenvalue weighted by Gasteiger charge is 2.18. The monoisotopic (exact) mass is 594 g/mol. The van der Waals surface area contributed by atoms with Gasteiger partial charge >= 0.3 is 0 Å². The smallest absolute Gasteiger partial charge is 0.282 e. The molecule has 0 unspecified atom stereocenters. The van der Waals surface area contributed by atoms with Gasteiger partial charge < -0.3 is 14.4 Å². The van der Waals surface area contributed by atoms with Gasteiger partial charge in [-0.2, -0.15) is 9.78 Å². The molecule has 0 aliphatic heterocycles. The molecular formula is C35H35ClN4O3. The van der Waals surface area contributed by atoms with Gasteiger partial charge in [0.1, 0.15) is 18.1 Å². The van der Waals surface area contributed by atoms with Crippen molar-refractivity contribution >= 4 is 34.4 Å². The molecule has 0 aliphatic carbocycles. The highest BCUT2D eigenvalue weighted by Crippen LogP contribution is 2.34. The van der Waals surface area contributed by atoms with Crippen LogP contribution in [-0.2, 0) is 6.61 Å². The Kier molecular flexibility index (Phi) is 8.83. The van der Waals surface area contributed by atoms with E-state index in [1.807, 2.05) is 98.7 Å². The van der Waals surface area contributed by atoms with E-state index in [9.17, 15) is 4.79 Å². The Morgan fingerprint density at radius 1 is 1.00 bits per heavy atom. The van der Waals surface area contributed by atoms with Crippen molar-refractivity contribution < 1.29 is 9.47 Å². The van der Waals surface area contributed by atoms with Crippen molar-refractivity contribution in [3.63, 3.8) is 0 Å². The van der Waals surface area contributed by atoms with Gasteiger partial charge in [0.15, 0.2) is 5.82 Å². The van der Waals surface area contributed by atoms with Gasteiger partial charge in [0.2, 0.25) is 0 Å². The van der Waals surface area contributed by atoms with Gasteiger partial charge in [-0.15, -0.1) is 0 Å². The summed E-state index contributed by atoms with van der Waals surface area (Å²) in [5.74, 6) is 2.06. The normalized spacial score (nSPS) is 11.4. The second kappa shape index (κ2) is 12.7. The summed E-state index contributed by atoms with van der Waals surface area (Å²) in [6, 6.07) is 24.8. The molecular weight excluding hydrogens is 560 g/mol. The van der Waals surface area contributed by atoms with E-state index in [1.54, 1.807) is 19.4 Å². The summed E-state index contributed by atoms with van der Waals surface area (Å²) in [6.07, 6.45) is 1.64. The Morgan fingerprint density at radius 2 is 1.74 bits per heavy atom. The van der Waals surface area contributed by atoms with E-state index >= 15 is 0 Å². The molecule has 0 atom stereocenters. The first-order chi connectivity index (χ1) is 20.7. The van der Waals surface area contributed by atoms with Crippen molar-refractivity contribution in [2.45, 2.75) is 33.3 Å². The van der Waals surface area contributed by atoms with Gasteiger partial charge in [-0.1, -0.05) is 55.8 Å². The van der Waals surface area contributed by atoms with Gasteiger partial charge in [-0.05, 0) is 66.4 Å². The standard InChI is InChI=1S/C35H35ClN4O3/c1-22(2)28-19-29(23(3)17-33(28)42-6)34-38-31-14-10-8-12-27(31)35(41)40(34)37-20-24-15-16-26(39(4)5)18-32(24)43-21-25-11-7-9-13-30(25)36/h7-20,22H,21H2,1-6H3. The van der Waals surface area contributed by atoms with Gasteiger partial charge in [0.25, 0.3) is 5.56 Å². The van der Waals surface area contributed by atoms with E-state index in [0.717, 1.165) is 33.7 Å². The van der Waals surface area contributed by atoms with Crippen LogP contribution in [0.2, 0.25) is 5.02 Å². The summed E-state index contributed by atoms with van der Waals surface area (Å²) in [7, 11) is 5.61. The number of ether oxygens (including phenoxy) is 2. The Morgan fingerprint density at radius 3 is 2.47 bits per heavy atom. The minimum atomic E-state index is -0.262. The molecule has 1 heterocycles. The number of anilines is 1. The number of methoxy groups -OCH3 is 1. The fourth-order valence-electron chi connectivity index (χ4n) is 4.90. The van der Waals surface area contributed by atoms with Crippen molar-refractivity contribution in [1.29, 1.82) is 0 Å². The second-order valence-corrected chi connectivity index (χ2v) is 11.3. The van der Waals surface area contributed by atoms with Gasteiger partial charge in [0, 0.05) is 47.6 Å². The van der Waals surface area contributed by atoms with Crippen LogP contribution in [0.3, 0.4) is 0 Å². The van der Waals surface area contributed by atoms with Gasteiger partial charge in [-0.3, -0.25) is 4.79 Å². The molecule has 0 bridgehead atoms. The zero-order valence-corrected chi connectivity index (χ0v) is 26.0. The molecule has 8 heteroatoms. The fraction of sp³-hybridized carbons (Fsp3) is 0.229. The van der Waals surface area contributed by atoms with Crippen LogP contribution in [0.25, 0.3) is 22.3 Å². The third kappa shape index (κ3) is 6.27. The maximum atomic E-state index is 13.9. The lowest BCUT2D eigenvalue weighted by atomic mass is 9.96. The maximum absolute atomic E-state index is 13.9. The molecule has 4 aromatic carbocycles. The molecule has 5 rings (SSSR count). The molecule has 0 spiro atoms. The molecule has 0 N–H and O–H groups in total. The number of hydrogen-bond donors (Lipinski definition) is 0. The highest BCUT2D eigenvalue weighted by atomic mass is 35.5. The Labute approximate surface area is 257 Å². The van der Waals surface area contributed by atoms with Crippen molar-refractivity contribution in [3.05, 3.63) is 116 Å². The minimum Gasteiger partial charge on any atom is -0.496 e. The van der Waals surface area contributed by atoms with Crippen molar-refractivity contribution in [2.75, 3.05) is 26.1 Å². The van der Waals surface area contributed by atoms with Crippen molar-refractivity contribution in [1.82, 2.24) is 9.66 Å². The van der Waals surface area contributed by atoms with Crippen LogP contribution in [0.4, 0.5) is 5.69 Å². The lowest BCUT2D eigenvalue weighted by Crippen LogP contribution is -2.21. The molecule has 0 fully saturated rings. The third-order valence-electron chi connectivity index (χ3n) is 7.36. The van der Waals surface area contributed by atoms with Crippen LogP contribution in [0.5, 0.6) is 11.5 Å². The summed E-state index contributed by atoms with van der Waals surface area (Å²) in [5, 5.41) is 5.85. The second-order valence-electron chi connectivity index (χ2n) is 10.9. The minimum absolute atomic E-state index is 0.200. The number of fused-ring (bicyclic) bond motifs is 1. The largest absolute Gasteiger partial charge is 0.496 e. The van der Waals surface area contributed by atoms with Gasteiger partial charge in [0.05, 0.1) is 24.2 Å². The molecule has 43 heavy (non-hydrogen) atoms. The van der Waals surface area contributed by atoms with Crippen LogP contribution < -0.4 is 19.9 Å². The SMILES string of the molecule is COc1cc(C)c(-c2nc3ccccc3c(=O)n2N=Cc2ccc(N(C)C)cc2OCc2ccccc2Cl)cc1C(C)C. The van der Waals surface area contributed by atoms with Crippen LogP contribution in [0.1, 0.15) is 42.0 Å². The van der Waals surface area contributed by atoms with E-state index in [0.29, 0.717) is 33.1 Å². The first kappa shape index (κ1) is 29.9. The molecule has 7 nitrogen and oxygen atoms in total. The molecule has 220 valence electrons. The summed E-state index contributed by atoms with van der Waals surface area (Å²) < 4.78 is 13.3. The molecule has 1 aromatic heterocycles. The lowest BCUT2D eigenvalue weighted by molar-refractivity contribution is 0.306. The number of hydrogen-bond acceptors (Lipinski definition) is 6. The van der Waals surface area contributed by atoms with Crippen LogP contribution in [-0.4, -0.2) is 37.1 Å². The quantitative estimate of drug-likeness (QED) is 0.164. The fourth-order valence-corrected chi connectivity index (χ4v) is 5.09. The number of aromatic nitrogens is 2. The summed E-state index contributed by atoms with van der Waals surface area (Å²) in [4.78, 5) is 20.8. The Hall–Kier alpha value is -4.62. The number of nitrogens with zero attached hydrogens (tertiary/aromatic N) is 4. The summed E-state index contributed by atoms with van der Waals surface area (Å²) >= 11 is 6.39. The van der Waals surface area contributed by atoms with E-state index in [-0.39, 0.29) is 18.1 Å². The maximum Gasteiger partial charge on any atom is 0.282 e. The lowest BCUT2D eigenvalue weighted by Gasteiger charge is -2.18. The number of rotatable bonds is 9. The number of aryl methyl sites for hydroxylation is 1. The van der Waals surface area contributed by atoms with Crippen LogP contribution in [0, 0.1) is 6.92 Å². The average Bonchev–Trinajstić information content (AvgIpc) is 3.00. The highest BCUT2D eigenvalue weighted by molar-refractivity contribution is 6.31. The molecule has 0 saturated carbocycles. The van der Waals surface area contributed by atoms with E-state index in [2.05, 4.69) is 13.8 Å². The molecule has 0 amide bonds. The molecule has 0 aliphatic rings. The number of halogens is 1. The van der Waals surface area contributed by atoms with Crippen LogP contribution in [0.15, 0.2) is 88.8 Å². The average molecular weight is 595 g/mol. The summed E-state index contributed by atoms with van der Waals surface area (Å²) in [5.41, 5.74) is 5.64. The van der Waals surface area contributed by atoms with E-state index in [1.165, 1.54) is 4.68 Å². The van der Waals surface area contributed by atoms with Crippen molar-refractivity contribution in [2.24, 2.45) is 5.10 Å². The van der Waals surface area contributed by atoms with Crippen molar-refractivity contribution in [3.8, 4) is 22.9 Å². The number of para-hydroxylation sites is 1. The molecule has 5 aromatic rings.